The molecular weight excluding hydrogens is 280 g/mol. The molecule has 0 N–H and O–H groups in total. The number of fused-ring (bicyclic) bond motifs is 1. The van der Waals surface area contributed by atoms with Crippen molar-refractivity contribution in [2.45, 2.75) is 45.4 Å². The molecule has 2 aliphatic rings. The van der Waals surface area contributed by atoms with E-state index in [1.165, 1.54) is 0 Å². The number of ether oxygens (including phenoxy) is 1. The van der Waals surface area contributed by atoms with Crippen LogP contribution in [0.5, 0.6) is 0 Å². The molecule has 6 nitrogen and oxygen atoms in total. The van der Waals surface area contributed by atoms with E-state index in [1.54, 1.807) is 6.20 Å². The quantitative estimate of drug-likeness (QED) is 0.847. The lowest BCUT2D eigenvalue weighted by Crippen LogP contribution is -2.61. The van der Waals surface area contributed by atoms with Crippen molar-refractivity contribution in [2.75, 3.05) is 32.8 Å². The summed E-state index contributed by atoms with van der Waals surface area (Å²) in [6, 6.07) is 2.17. The molecule has 2 atom stereocenters. The molecule has 2 fully saturated rings. The third kappa shape index (κ3) is 2.77. The molecule has 2 aliphatic heterocycles. The molecule has 0 unspecified atom stereocenters. The first-order valence-corrected chi connectivity index (χ1v) is 8.30. The topological polar surface area (TPSA) is 50.6 Å². The van der Waals surface area contributed by atoms with Crippen LogP contribution < -0.4 is 0 Å². The van der Waals surface area contributed by atoms with Gasteiger partial charge in [-0.3, -0.25) is 9.48 Å². The summed E-state index contributed by atoms with van der Waals surface area (Å²) in [5, 5.41) is 4.29. The Bertz CT molecular complexity index is 528. The van der Waals surface area contributed by atoms with E-state index in [2.05, 4.69) is 16.9 Å². The molecule has 22 heavy (non-hydrogen) atoms. The van der Waals surface area contributed by atoms with Crippen molar-refractivity contribution >= 4 is 5.91 Å². The van der Waals surface area contributed by atoms with Crippen LogP contribution in [0.2, 0.25) is 0 Å². The molecule has 1 aromatic heterocycles. The van der Waals surface area contributed by atoms with Crippen LogP contribution in [0.1, 0.15) is 43.7 Å². The maximum Gasteiger partial charge on any atom is 0.272 e. The number of hydrogen-bond donors (Lipinski definition) is 0. The minimum Gasteiger partial charge on any atom is -0.374 e. The maximum atomic E-state index is 13.0. The van der Waals surface area contributed by atoms with Gasteiger partial charge in [-0.05, 0) is 32.9 Å². The van der Waals surface area contributed by atoms with Crippen molar-refractivity contribution in [1.29, 1.82) is 0 Å². The Morgan fingerprint density at radius 3 is 3.00 bits per heavy atom. The number of nitrogens with zero attached hydrogens (tertiary/aromatic N) is 4. The highest BCUT2D eigenvalue weighted by atomic mass is 16.5. The summed E-state index contributed by atoms with van der Waals surface area (Å²) < 4.78 is 7.72. The van der Waals surface area contributed by atoms with Gasteiger partial charge in [0.2, 0.25) is 0 Å². The summed E-state index contributed by atoms with van der Waals surface area (Å²) in [6.45, 7) is 10.6. The van der Waals surface area contributed by atoms with Crippen LogP contribution in [-0.2, 0) is 4.74 Å². The molecule has 0 saturated carbocycles. The van der Waals surface area contributed by atoms with Gasteiger partial charge >= 0.3 is 0 Å². The first-order valence-electron chi connectivity index (χ1n) is 8.30. The van der Waals surface area contributed by atoms with Crippen molar-refractivity contribution in [3.05, 3.63) is 18.0 Å². The Balaban J connectivity index is 1.82. The third-order valence-electron chi connectivity index (χ3n) is 4.76. The van der Waals surface area contributed by atoms with Gasteiger partial charge in [0.25, 0.3) is 5.91 Å². The number of carbonyl (C=O) groups excluding carboxylic acids is 1. The van der Waals surface area contributed by atoms with Crippen LogP contribution in [0.4, 0.5) is 0 Å². The van der Waals surface area contributed by atoms with Crippen LogP contribution in [0.25, 0.3) is 0 Å². The Labute approximate surface area is 132 Å². The number of rotatable bonds is 3. The lowest BCUT2D eigenvalue weighted by Gasteiger charge is -2.46. The zero-order valence-electron chi connectivity index (χ0n) is 13.7. The molecule has 1 amide bonds. The summed E-state index contributed by atoms with van der Waals surface area (Å²) in [7, 11) is 0. The highest BCUT2D eigenvalue weighted by molar-refractivity contribution is 5.93. The lowest BCUT2D eigenvalue weighted by molar-refractivity contribution is -0.0898. The van der Waals surface area contributed by atoms with Gasteiger partial charge in [-0.1, -0.05) is 6.92 Å². The number of aromatic nitrogens is 2. The van der Waals surface area contributed by atoms with E-state index in [9.17, 15) is 4.79 Å². The van der Waals surface area contributed by atoms with Crippen molar-refractivity contribution in [3.63, 3.8) is 0 Å². The number of likely N-dealkylation sites (N-methyl/N-ethyl adjacent to an activating group) is 1. The van der Waals surface area contributed by atoms with Gasteiger partial charge in [-0.15, -0.1) is 0 Å². The van der Waals surface area contributed by atoms with Crippen LogP contribution in [0, 0.1) is 0 Å². The predicted octanol–water partition coefficient (Wildman–Crippen LogP) is 1.40. The first kappa shape index (κ1) is 15.5. The number of hydrogen-bond acceptors (Lipinski definition) is 4. The Morgan fingerprint density at radius 1 is 1.45 bits per heavy atom. The molecule has 122 valence electrons. The second-order valence-electron chi connectivity index (χ2n) is 6.41. The van der Waals surface area contributed by atoms with Crippen LogP contribution >= 0.6 is 0 Å². The van der Waals surface area contributed by atoms with Crippen LogP contribution in [0.15, 0.2) is 12.3 Å². The summed E-state index contributed by atoms with van der Waals surface area (Å²) in [6.07, 6.45) is 2.90. The number of likely N-dealkylation sites (tertiary alicyclic amines) is 1. The smallest absolute Gasteiger partial charge is 0.272 e. The second kappa shape index (κ2) is 6.38. The van der Waals surface area contributed by atoms with Crippen molar-refractivity contribution in [2.24, 2.45) is 0 Å². The summed E-state index contributed by atoms with van der Waals surface area (Å²) >= 11 is 0. The van der Waals surface area contributed by atoms with E-state index in [0.717, 1.165) is 26.1 Å². The largest absolute Gasteiger partial charge is 0.374 e. The van der Waals surface area contributed by atoms with E-state index < -0.39 is 0 Å². The van der Waals surface area contributed by atoms with Crippen LogP contribution in [0.3, 0.4) is 0 Å². The van der Waals surface area contributed by atoms with Gasteiger partial charge in [-0.25, -0.2) is 0 Å². The minimum absolute atomic E-state index is 0.0856. The number of amides is 1. The monoisotopic (exact) mass is 306 g/mol. The van der Waals surface area contributed by atoms with Gasteiger partial charge in [0.05, 0.1) is 18.8 Å². The van der Waals surface area contributed by atoms with Crippen LogP contribution in [-0.4, -0.2) is 70.4 Å². The minimum atomic E-state index is 0.0856. The molecule has 0 bridgehead atoms. The Kier molecular flexibility index (Phi) is 4.49. The fourth-order valence-corrected chi connectivity index (χ4v) is 3.52. The van der Waals surface area contributed by atoms with Gasteiger partial charge in [0.15, 0.2) is 0 Å². The van der Waals surface area contributed by atoms with E-state index in [4.69, 9.17) is 4.74 Å². The standard InChI is InChI=1S/C16H26N4O2/c1-4-18-8-6-15-14(11-18)19(9-10-22-15)16(21)13-5-7-17-20(13)12(2)3/h5,7,12,14-15H,4,6,8-11H2,1-3H3/t14-,15+/m0/s1. The van der Waals surface area contributed by atoms with Crippen molar-refractivity contribution in [1.82, 2.24) is 19.6 Å². The SMILES string of the molecule is CCN1CC[C@H]2OCCN(C(=O)c3ccnn3C(C)C)[C@H]2C1. The van der Waals surface area contributed by atoms with Crippen molar-refractivity contribution in [3.8, 4) is 0 Å². The fourth-order valence-electron chi connectivity index (χ4n) is 3.52. The zero-order valence-corrected chi connectivity index (χ0v) is 13.7. The van der Waals surface area contributed by atoms with Crippen molar-refractivity contribution < 1.29 is 9.53 Å². The normalized spacial score (nSPS) is 26.3. The highest BCUT2D eigenvalue weighted by Gasteiger charge is 2.39. The van der Waals surface area contributed by atoms with Gasteiger partial charge in [0, 0.05) is 31.9 Å². The molecule has 3 rings (SSSR count). The predicted molar refractivity (Wildman–Crippen MR) is 83.9 cm³/mol. The van der Waals surface area contributed by atoms with Gasteiger partial charge < -0.3 is 14.5 Å². The summed E-state index contributed by atoms with van der Waals surface area (Å²) in [4.78, 5) is 17.4. The summed E-state index contributed by atoms with van der Waals surface area (Å²) in [5.74, 6) is 0.0856. The third-order valence-corrected chi connectivity index (χ3v) is 4.76. The van der Waals surface area contributed by atoms with E-state index in [0.29, 0.717) is 18.8 Å². The number of carbonyl (C=O) groups is 1. The number of piperidine rings is 1. The molecule has 2 saturated heterocycles. The molecule has 0 aliphatic carbocycles. The van der Waals surface area contributed by atoms with Gasteiger partial charge in [0.1, 0.15) is 5.69 Å². The molecule has 0 aromatic carbocycles. The molecule has 0 radical (unpaired) electrons. The maximum absolute atomic E-state index is 13.0. The molecule has 0 spiro atoms. The molecule has 1 aromatic rings. The average molecular weight is 306 g/mol. The van der Waals surface area contributed by atoms with E-state index >= 15 is 0 Å². The molecule has 3 heterocycles. The number of morpholine rings is 1. The van der Waals surface area contributed by atoms with E-state index in [-0.39, 0.29) is 24.1 Å². The summed E-state index contributed by atoms with van der Waals surface area (Å²) in [5.41, 5.74) is 0.685. The highest BCUT2D eigenvalue weighted by Crippen LogP contribution is 2.25. The zero-order chi connectivity index (χ0) is 15.7. The van der Waals surface area contributed by atoms with Gasteiger partial charge in [-0.2, -0.15) is 5.10 Å². The first-order chi connectivity index (χ1) is 10.6. The molecular formula is C16H26N4O2. The Morgan fingerprint density at radius 2 is 2.27 bits per heavy atom. The lowest BCUT2D eigenvalue weighted by atomic mass is 9.98. The Hall–Kier alpha value is -1.40. The average Bonchev–Trinajstić information content (AvgIpc) is 3.03. The molecule has 6 heteroatoms. The van der Waals surface area contributed by atoms with E-state index in [1.807, 2.05) is 29.5 Å². The second-order valence-corrected chi connectivity index (χ2v) is 6.41. The fraction of sp³-hybridized carbons (Fsp3) is 0.750.